The zero-order chi connectivity index (χ0) is 15.1. The van der Waals surface area contributed by atoms with Gasteiger partial charge in [-0.3, -0.25) is 4.90 Å². The molecule has 1 aliphatic rings. The third-order valence-corrected chi connectivity index (χ3v) is 5.67. The molecule has 0 saturated heterocycles. The van der Waals surface area contributed by atoms with Crippen molar-refractivity contribution < 1.29 is 0 Å². The van der Waals surface area contributed by atoms with E-state index in [0.29, 0.717) is 11.2 Å². The first kappa shape index (κ1) is 15.2. The Kier molecular flexibility index (Phi) is 4.21. The van der Waals surface area contributed by atoms with Gasteiger partial charge < -0.3 is 0 Å². The first-order valence-electron chi connectivity index (χ1n) is 7.62. The summed E-state index contributed by atoms with van der Waals surface area (Å²) >= 11 is 8.11. The maximum Gasteiger partial charge on any atom is 0.145 e. The van der Waals surface area contributed by atoms with Crippen molar-refractivity contribution in [2.45, 2.75) is 53.1 Å². The van der Waals surface area contributed by atoms with Crippen LogP contribution < -0.4 is 0 Å². The molecule has 0 amide bonds. The van der Waals surface area contributed by atoms with Crippen LogP contribution in [0.3, 0.4) is 0 Å². The molecule has 2 aromatic heterocycles. The van der Waals surface area contributed by atoms with Crippen molar-refractivity contribution in [1.82, 2.24) is 14.9 Å². The van der Waals surface area contributed by atoms with Crippen molar-refractivity contribution in [1.29, 1.82) is 0 Å². The van der Waals surface area contributed by atoms with Crippen LogP contribution in [0.2, 0.25) is 5.15 Å². The summed E-state index contributed by atoms with van der Waals surface area (Å²) in [5.41, 5.74) is 1.21. The third kappa shape index (κ3) is 3.22. The fourth-order valence-corrected chi connectivity index (χ4v) is 4.02. The van der Waals surface area contributed by atoms with E-state index < -0.39 is 0 Å². The van der Waals surface area contributed by atoms with Crippen LogP contribution in [0.25, 0.3) is 10.2 Å². The summed E-state index contributed by atoms with van der Waals surface area (Å²) in [6.07, 6.45) is 2.74. The van der Waals surface area contributed by atoms with E-state index in [2.05, 4.69) is 37.6 Å². The van der Waals surface area contributed by atoms with E-state index in [-0.39, 0.29) is 0 Å². The summed E-state index contributed by atoms with van der Waals surface area (Å²) in [5.74, 6) is 1.72. The number of hydrogen-bond acceptors (Lipinski definition) is 4. The molecule has 0 N–H and O–H groups in total. The molecule has 1 aliphatic carbocycles. The molecular formula is C16H22ClN3S. The van der Waals surface area contributed by atoms with Gasteiger partial charge in [0, 0.05) is 17.5 Å². The molecule has 1 saturated carbocycles. The summed E-state index contributed by atoms with van der Waals surface area (Å²) in [4.78, 5) is 14.1. The van der Waals surface area contributed by atoms with Gasteiger partial charge in [-0.05, 0) is 52.0 Å². The van der Waals surface area contributed by atoms with Gasteiger partial charge in [0.1, 0.15) is 15.8 Å². The first-order valence-corrected chi connectivity index (χ1v) is 8.81. The van der Waals surface area contributed by atoms with Gasteiger partial charge in [-0.15, -0.1) is 11.3 Å². The topological polar surface area (TPSA) is 29.0 Å². The number of thiophene rings is 1. The Labute approximate surface area is 135 Å². The van der Waals surface area contributed by atoms with Crippen LogP contribution in [0.5, 0.6) is 0 Å². The second-order valence-electron chi connectivity index (χ2n) is 6.36. The zero-order valence-electron chi connectivity index (χ0n) is 13.1. The van der Waals surface area contributed by atoms with E-state index >= 15 is 0 Å². The van der Waals surface area contributed by atoms with Gasteiger partial charge in [-0.1, -0.05) is 11.6 Å². The van der Waals surface area contributed by atoms with E-state index in [0.717, 1.165) is 35.0 Å². The molecule has 0 spiro atoms. The highest BCUT2D eigenvalue weighted by atomic mass is 35.5. The van der Waals surface area contributed by atoms with Crippen molar-refractivity contribution in [3.8, 4) is 0 Å². The van der Waals surface area contributed by atoms with Crippen LogP contribution in [0.1, 0.15) is 43.0 Å². The molecule has 21 heavy (non-hydrogen) atoms. The Bertz CT molecular complexity index is 661. The Morgan fingerprint density at radius 2 is 2.00 bits per heavy atom. The molecule has 0 radical (unpaired) electrons. The maximum absolute atomic E-state index is 6.40. The first-order chi connectivity index (χ1) is 9.95. The van der Waals surface area contributed by atoms with Crippen molar-refractivity contribution in [3.63, 3.8) is 0 Å². The highest BCUT2D eigenvalue weighted by Crippen LogP contribution is 2.34. The Hall–Kier alpha value is -0.710. The fourth-order valence-electron chi connectivity index (χ4n) is 2.58. The molecule has 0 bridgehead atoms. The monoisotopic (exact) mass is 323 g/mol. The largest absolute Gasteiger partial charge is 0.293 e. The quantitative estimate of drug-likeness (QED) is 0.754. The number of nitrogens with zero attached hydrogens (tertiary/aromatic N) is 3. The number of fused-ring (bicyclic) bond motifs is 1. The highest BCUT2D eigenvalue weighted by molar-refractivity contribution is 7.18. The van der Waals surface area contributed by atoms with Crippen LogP contribution in [-0.2, 0) is 6.54 Å². The van der Waals surface area contributed by atoms with Crippen LogP contribution in [0.15, 0.2) is 0 Å². The SMILES string of the molecule is Cc1sc2nc(CN(CC3CC3)C(C)C)nc(Cl)c2c1C. The summed E-state index contributed by atoms with van der Waals surface area (Å²) in [7, 11) is 0. The average Bonchev–Trinajstić information content (AvgIpc) is 3.16. The molecule has 0 atom stereocenters. The molecule has 3 rings (SSSR count). The second-order valence-corrected chi connectivity index (χ2v) is 7.92. The minimum atomic E-state index is 0.510. The van der Waals surface area contributed by atoms with Crippen molar-refractivity contribution >= 4 is 33.2 Å². The average molecular weight is 324 g/mol. The lowest BCUT2D eigenvalue weighted by Gasteiger charge is -2.25. The predicted octanol–water partition coefficient (Wildman–Crippen LogP) is 4.58. The molecule has 2 aromatic rings. The number of halogens is 1. The lowest BCUT2D eigenvalue weighted by Crippen LogP contribution is -2.33. The van der Waals surface area contributed by atoms with Crippen LogP contribution in [0, 0.1) is 19.8 Å². The summed E-state index contributed by atoms with van der Waals surface area (Å²) < 4.78 is 0. The van der Waals surface area contributed by atoms with E-state index in [1.165, 1.54) is 23.3 Å². The standard InChI is InChI=1S/C16H22ClN3S/c1-9(2)20(7-12-5-6-12)8-13-18-15(17)14-10(3)11(4)21-16(14)19-13/h9,12H,5-8H2,1-4H3. The van der Waals surface area contributed by atoms with E-state index in [1.54, 1.807) is 11.3 Å². The van der Waals surface area contributed by atoms with Crippen molar-refractivity contribution in [2.75, 3.05) is 6.54 Å². The van der Waals surface area contributed by atoms with Crippen LogP contribution in [-0.4, -0.2) is 27.5 Å². The Balaban J connectivity index is 1.89. The van der Waals surface area contributed by atoms with E-state index in [4.69, 9.17) is 16.6 Å². The molecule has 2 heterocycles. The number of rotatable bonds is 5. The van der Waals surface area contributed by atoms with Crippen molar-refractivity contribution in [3.05, 3.63) is 21.4 Å². The smallest absolute Gasteiger partial charge is 0.145 e. The number of aromatic nitrogens is 2. The van der Waals surface area contributed by atoms with Gasteiger partial charge in [0.2, 0.25) is 0 Å². The number of hydrogen-bond donors (Lipinski definition) is 0. The van der Waals surface area contributed by atoms with Gasteiger partial charge in [0.05, 0.1) is 11.9 Å². The third-order valence-electron chi connectivity index (χ3n) is 4.30. The van der Waals surface area contributed by atoms with Gasteiger partial charge in [-0.25, -0.2) is 9.97 Å². The Morgan fingerprint density at radius 3 is 2.62 bits per heavy atom. The highest BCUT2D eigenvalue weighted by Gasteiger charge is 2.26. The molecule has 114 valence electrons. The summed E-state index contributed by atoms with van der Waals surface area (Å²) in [6.45, 7) is 10.6. The normalized spacial score (nSPS) is 15.6. The molecular weight excluding hydrogens is 302 g/mol. The molecule has 0 unspecified atom stereocenters. The van der Waals surface area contributed by atoms with E-state index in [1.807, 2.05) is 0 Å². The molecule has 5 heteroatoms. The summed E-state index contributed by atoms with van der Waals surface area (Å²) in [5, 5.41) is 1.63. The predicted molar refractivity (Wildman–Crippen MR) is 90.2 cm³/mol. The van der Waals surface area contributed by atoms with E-state index in [9.17, 15) is 0 Å². The van der Waals surface area contributed by atoms with Gasteiger partial charge in [0.25, 0.3) is 0 Å². The Morgan fingerprint density at radius 1 is 1.29 bits per heavy atom. The molecule has 0 aliphatic heterocycles. The minimum Gasteiger partial charge on any atom is -0.293 e. The fraction of sp³-hybridized carbons (Fsp3) is 0.625. The number of aryl methyl sites for hydroxylation is 2. The lowest BCUT2D eigenvalue weighted by molar-refractivity contribution is 0.199. The van der Waals surface area contributed by atoms with Gasteiger partial charge in [-0.2, -0.15) is 0 Å². The van der Waals surface area contributed by atoms with Crippen LogP contribution >= 0.6 is 22.9 Å². The lowest BCUT2D eigenvalue weighted by atomic mass is 10.2. The maximum atomic E-state index is 6.40. The van der Waals surface area contributed by atoms with Gasteiger partial charge >= 0.3 is 0 Å². The molecule has 1 fully saturated rings. The minimum absolute atomic E-state index is 0.510. The van der Waals surface area contributed by atoms with Crippen LogP contribution in [0.4, 0.5) is 0 Å². The second kappa shape index (κ2) is 5.82. The molecule has 3 nitrogen and oxygen atoms in total. The van der Waals surface area contributed by atoms with Gasteiger partial charge in [0.15, 0.2) is 0 Å². The summed E-state index contributed by atoms with van der Waals surface area (Å²) in [6, 6.07) is 0.510. The molecule has 0 aromatic carbocycles. The van der Waals surface area contributed by atoms with Crippen molar-refractivity contribution in [2.24, 2.45) is 5.92 Å². The zero-order valence-corrected chi connectivity index (χ0v) is 14.7.